The second kappa shape index (κ2) is 8.28. The maximum atomic E-state index is 13.9. The van der Waals surface area contributed by atoms with Crippen LogP contribution in [0.25, 0.3) is 0 Å². The van der Waals surface area contributed by atoms with Gasteiger partial charge in [-0.2, -0.15) is 0 Å². The van der Waals surface area contributed by atoms with Crippen LogP contribution in [0.3, 0.4) is 0 Å². The number of Topliss-reactive ketones (excluding diaryl/α,β-unsaturated/α-hetero) is 1. The van der Waals surface area contributed by atoms with Gasteiger partial charge >= 0.3 is 5.97 Å². The van der Waals surface area contributed by atoms with Crippen molar-refractivity contribution in [2.45, 2.75) is 130 Å². The van der Waals surface area contributed by atoms with E-state index in [0.29, 0.717) is 24.2 Å². The summed E-state index contributed by atoms with van der Waals surface area (Å²) in [5.41, 5.74) is -2.05. The molecule has 1 spiro atoms. The van der Waals surface area contributed by atoms with Crippen LogP contribution in [0.4, 0.5) is 0 Å². The lowest BCUT2D eigenvalue weighted by Crippen LogP contribution is -2.70. The molecule has 0 unspecified atom stereocenters. The predicted molar refractivity (Wildman–Crippen MR) is 135 cm³/mol. The molecule has 0 amide bonds. The van der Waals surface area contributed by atoms with E-state index >= 15 is 0 Å². The Hall–Kier alpha value is -0.940. The quantitative estimate of drug-likeness (QED) is 0.383. The molecule has 0 radical (unpaired) electrons. The molecular weight excluding hydrogens is 440 g/mol. The first kappa shape index (κ1) is 25.7. The van der Waals surface area contributed by atoms with E-state index in [1.54, 1.807) is 0 Å². The largest absolute Gasteiger partial charge is 0.462 e. The SMILES string of the molecule is CC(=O)O[C@@H]1CC[C@]2(C)[C@@](O)(CC(=O)[C@@H]3[C@@H]4CC[C@H]([C@H](C)CC[C@H](C)C(C)C)[C@@]4(C)C[C@H]4O[C@@]342)C1. The van der Waals surface area contributed by atoms with Crippen molar-refractivity contribution in [1.29, 1.82) is 0 Å². The molecule has 5 nitrogen and oxygen atoms in total. The standard InChI is InChI=1S/C30H48O5/c1-17(2)18(3)8-9-19(4)22-10-11-23-26-24(32)15-29(33)14-21(34-20(5)31)12-13-28(29,7)30(26)25(35-30)16-27(22,23)6/h17-19,21-23,25-26,33H,8-16H2,1-7H3/t18-,19+,21+,22+,23-,25+,26-,27+,28+,29-,30+/m0/s1. The molecular formula is C30H48O5. The van der Waals surface area contributed by atoms with E-state index in [0.717, 1.165) is 37.5 Å². The normalized spacial score (nSPS) is 50.0. The average molecular weight is 489 g/mol. The molecule has 1 heterocycles. The van der Waals surface area contributed by atoms with Gasteiger partial charge in [-0.05, 0) is 67.1 Å². The molecule has 5 rings (SSSR count). The number of carbonyl (C=O) groups excluding carboxylic acids is 2. The van der Waals surface area contributed by atoms with Crippen LogP contribution in [0.2, 0.25) is 0 Å². The third-order valence-corrected chi connectivity index (χ3v) is 12.2. The summed E-state index contributed by atoms with van der Waals surface area (Å²) in [6, 6.07) is 0. The molecule has 5 heteroatoms. The van der Waals surface area contributed by atoms with E-state index in [-0.39, 0.29) is 41.7 Å². The van der Waals surface area contributed by atoms with E-state index in [1.165, 1.54) is 26.2 Å². The Balaban J connectivity index is 1.39. The van der Waals surface area contributed by atoms with Crippen LogP contribution >= 0.6 is 0 Å². The van der Waals surface area contributed by atoms with Crippen LogP contribution in [-0.2, 0) is 19.1 Å². The Morgan fingerprint density at radius 1 is 1.11 bits per heavy atom. The third-order valence-electron chi connectivity index (χ3n) is 12.2. The fraction of sp³-hybridized carbons (Fsp3) is 0.933. The molecule has 0 aromatic carbocycles. The number of fused-ring (bicyclic) bond motifs is 3. The van der Waals surface area contributed by atoms with Crippen molar-refractivity contribution in [3.8, 4) is 0 Å². The summed E-state index contributed by atoms with van der Waals surface area (Å²) in [5.74, 6) is 2.87. The van der Waals surface area contributed by atoms with E-state index in [4.69, 9.17) is 9.47 Å². The maximum absolute atomic E-state index is 13.9. The van der Waals surface area contributed by atoms with E-state index < -0.39 is 16.6 Å². The summed E-state index contributed by atoms with van der Waals surface area (Å²) in [6.45, 7) is 15.5. The Morgan fingerprint density at radius 3 is 2.49 bits per heavy atom. The summed E-state index contributed by atoms with van der Waals surface area (Å²) in [6.07, 6.45) is 7.57. The molecule has 5 aliphatic rings. The lowest BCUT2D eigenvalue weighted by atomic mass is 9.42. The van der Waals surface area contributed by atoms with Crippen molar-refractivity contribution in [3.05, 3.63) is 0 Å². The molecule has 0 bridgehead atoms. The first-order valence-corrected chi connectivity index (χ1v) is 14.4. The summed E-state index contributed by atoms with van der Waals surface area (Å²) in [7, 11) is 0. The van der Waals surface area contributed by atoms with Crippen LogP contribution in [0.5, 0.6) is 0 Å². The number of carbonyl (C=O) groups is 2. The number of rotatable bonds is 6. The lowest BCUT2D eigenvalue weighted by Gasteiger charge is -2.61. The Kier molecular flexibility index (Phi) is 6.08. The van der Waals surface area contributed by atoms with E-state index in [2.05, 4.69) is 41.5 Å². The van der Waals surface area contributed by atoms with Gasteiger partial charge in [-0.25, -0.2) is 0 Å². The Morgan fingerprint density at radius 2 is 1.83 bits per heavy atom. The third kappa shape index (κ3) is 3.53. The number of hydrogen-bond donors (Lipinski definition) is 1. The van der Waals surface area contributed by atoms with Gasteiger partial charge in [0.05, 0.1) is 17.6 Å². The van der Waals surface area contributed by atoms with Crippen LogP contribution in [0.15, 0.2) is 0 Å². The van der Waals surface area contributed by atoms with Gasteiger partial charge in [0.1, 0.15) is 17.5 Å². The maximum Gasteiger partial charge on any atom is 0.302 e. The number of ketones is 1. The summed E-state index contributed by atoms with van der Waals surface area (Å²) in [4.78, 5) is 25.5. The molecule has 0 aromatic heterocycles. The first-order valence-electron chi connectivity index (χ1n) is 14.4. The van der Waals surface area contributed by atoms with Gasteiger partial charge < -0.3 is 14.6 Å². The molecule has 4 saturated carbocycles. The fourth-order valence-corrected chi connectivity index (χ4v) is 9.74. The minimum absolute atomic E-state index is 0.0576. The highest BCUT2D eigenvalue weighted by atomic mass is 16.6. The minimum Gasteiger partial charge on any atom is -0.462 e. The van der Waals surface area contributed by atoms with Crippen molar-refractivity contribution in [3.63, 3.8) is 0 Å². The molecule has 1 aliphatic heterocycles. The van der Waals surface area contributed by atoms with Gasteiger partial charge in [0.15, 0.2) is 0 Å². The highest BCUT2D eigenvalue weighted by molar-refractivity contribution is 5.87. The zero-order valence-electron chi connectivity index (χ0n) is 23.1. The molecule has 4 aliphatic carbocycles. The van der Waals surface area contributed by atoms with E-state index in [1.807, 2.05) is 0 Å². The van der Waals surface area contributed by atoms with Crippen LogP contribution in [0.1, 0.15) is 106 Å². The van der Waals surface area contributed by atoms with Gasteiger partial charge in [-0.15, -0.1) is 0 Å². The van der Waals surface area contributed by atoms with Gasteiger partial charge in [0, 0.05) is 25.2 Å². The lowest BCUT2D eigenvalue weighted by molar-refractivity contribution is -0.217. The molecule has 1 saturated heterocycles. The van der Waals surface area contributed by atoms with Crippen molar-refractivity contribution in [2.24, 2.45) is 46.3 Å². The summed E-state index contributed by atoms with van der Waals surface area (Å²) >= 11 is 0. The second-order valence-corrected chi connectivity index (χ2v) is 14.1. The average Bonchev–Trinajstić information content (AvgIpc) is 3.37. The van der Waals surface area contributed by atoms with Crippen LogP contribution in [0, 0.1) is 46.3 Å². The van der Waals surface area contributed by atoms with Crippen molar-refractivity contribution in [1.82, 2.24) is 0 Å². The highest BCUT2D eigenvalue weighted by Gasteiger charge is 2.84. The van der Waals surface area contributed by atoms with Gasteiger partial charge in [0.25, 0.3) is 0 Å². The Labute approximate surface area is 212 Å². The predicted octanol–water partition coefficient (Wildman–Crippen LogP) is 5.71. The molecule has 5 fully saturated rings. The topological polar surface area (TPSA) is 76.1 Å². The number of aliphatic hydroxyl groups is 1. The summed E-state index contributed by atoms with van der Waals surface area (Å²) < 4.78 is 12.2. The highest BCUT2D eigenvalue weighted by Crippen LogP contribution is 2.77. The number of hydrogen-bond acceptors (Lipinski definition) is 5. The molecule has 11 atom stereocenters. The van der Waals surface area contributed by atoms with Gasteiger partial charge in [-0.3, -0.25) is 9.59 Å². The monoisotopic (exact) mass is 488 g/mol. The van der Waals surface area contributed by atoms with Crippen LogP contribution in [-0.4, -0.2) is 40.3 Å². The minimum atomic E-state index is -1.17. The Bertz CT molecular complexity index is 884. The summed E-state index contributed by atoms with van der Waals surface area (Å²) in [5, 5.41) is 12.0. The molecule has 198 valence electrons. The number of ether oxygens (including phenoxy) is 2. The zero-order valence-corrected chi connectivity index (χ0v) is 23.1. The van der Waals surface area contributed by atoms with E-state index in [9.17, 15) is 14.7 Å². The molecule has 35 heavy (non-hydrogen) atoms. The molecule has 1 N–H and O–H groups in total. The molecule has 0 aromatic rings. The van der Waals surface area contributed by atoms with Gasteiger partial charge in [0.2, 0.25) is 0 Å². The van der Waals surface area contributed by atoms with Crippen LogP contribution < -0.4 is 0 Å². The van der Waals surface area contributed by atoms with Crippen molar-refractivity contribution in [2.75, 3.05) is 0 Å². The fourth-order valence-electron chi connectivity index (χ4n) is 9.74. The number of epoxide rings is 1. The van der Waals surface area contributed by atoms with Gasteiger partial charge in [-0.1, -0.05) is 54.4 Å². The van der Waals surface area contributed by atoms with Crippen molar-refractivity contribution >= 4 is 11.8 Å². The zero-order chi connectivity index (χ0) is 25.6. The number of esters is 1. The first-order chi connectivity index (χ1) is 16.3. The van der Waals surface area contributed by atoms with Crippen molar-refractivity contribution < 1.29 is 24.2 Å². The second-order valence-electron chi connectivity index (χ2n) is 14.1. The smallest absolute Gasteiger partial charge is 0.302 e.